The topological polar surface area (TPSA) is 55.8 Å². The minimum atomic E-state index is -0.994. The smallest absolute Gasteiger partial charge is 0.254 e. The molecule has 102 valence electrons. The van der Waals surface area contributed by atoms with Crippen molar-refractivity contribution in [1.29, 1.82) is 0 Å². The van der Waals surface area contributed by atoms with Crippen LogP contribution in [0.1, 0.15) is 6.92 Å². The Hall–Kier alpha value is -2.04. The van der Waals surface area contributed by atoms with Gasteiger partial charge in [-0.3, -0.25) is 9.59 Å². The van der Waals surface area contributed by atoms with E-state index in [9.17, 15) is 9.59 Å². The third-order valence-corrected chi connectivity index (χ3v) is 3.61. The molecule has 0 bridgehead atoms. The second-order valence-electron chi connectivity index (χ2n) is 4.72. The monoisotopic (exact) mass is 263 g/mol. The highest BCUT2D eigenvalue weighted by atomic mass is 16.5. The Bertz CT molecular complexity index is 530. The number of hydrogen-bond donors (Lipinski definition) is 0. The fraction of sp³-hybridized carbons (Fsp3) is 0.429. The van der Waals surface area contributed by atoms with Gasteiger partial charge in [-0.25, -0.2) is 0 Å². The van der Waals surface area contributed by atoms with E-state index in [0.717, 1.165) is 0 Å². The van der Waals surface area contributed by atoms with Gasteiger partial charge in [0.05, 0.1) is 19.8 Å². The first kappa shape index (κ1) is 13.4. The van der Waals surface area contributed by atoms with E-state index in [-0.39, 0.29) is 11.7 Å². The normalized spacial score (nSPS) is 28.8. The lowest BCUT2D eigenvalue weighted by molar-refractivity contribution is -0.124. The molecule has 1 heterocycles. The standard InChI is InChI=1S/C14H17NO4/c1-9(18-3)12-13(17)15(2)8-14(12)7-10(19-4)5-6-11(14)16/h5-7H,8H2,1-4H3/b12-9-. The summed E-state index contributed by atoms with van der Waals surface area (Å²) in [6, 6.07) is 0. The zero-order valence-electron chi connectivity index (χ0n) is 11.5. The fourth-order valence-corrected chi connectivity index (χ4v) is 2.59. The number of likely N-dealkylation sites (tertiary alicyclic amines) is 1. The Morgan fingerprint density at radius 1 is 1.32 bits per heavy atom. The van der Waals surface area contributed by atoms with Gasteiger partial charge in [-0.15, -0.1) is 0 Å². The molecule has 2 rings (SSSR count). The van der Waals surface area contributed by atoms with Crippen LogP contribution in [-0.4, -0.2) is 44.4 Å². The van der Waals surface area contributed by atoms with Crippen LogP contribution < -0.4 is 0 Å². The predicted octanol–water partition coefficient (Wildman–Crippen LogP) is 1.03. The molecule has 0 aromatic carbocycles. The number of likely N-dealkylation sites (N-methyl/N-ethyl adjacent to an activating group) is 1. The third-order valence-electron chi connectivity index (χ3n) is 3.61. The summed E-state index contributed by atoms with van der Waals surface area (Å²) < 4.78 is 10.4. The fourth-order valence-electron chi connectivity index (χ4n) is 2.59. The molecule has 5 heteroatoms. The number of ether oxygens (including phenoxy) is 2. The SMILES string of the molecule is COC1=CC2(CN(C)C(=O)/C2=C(\C)OC)C(=O)C=C1. The maximum atomic E-state index is 12.3. The Kier molecular flexibility index (Phi) is 3.22. The van der Waals surface area contributed by atoms with Crippen molar-refractivity contribution in [3.05, 3.63) is 35.3 Å². The van der Waals surface area contributed by atoms with Gasteiger partial charge < -0.3 is 14.4 Å². The van der Waals surface area contributed by atoms with Crippen LogP contribution in [0.4, 0.5) is 0 Å². The predicted molar refractivity (Wildman–Crippen MR) is 69.0 cm³/mol. The molecule has 19 heavy (non-hydrogen) atoms. The van der Waals surface area contributed by atoms with E-state index in [2.05, 4.69) is 0 Å². The Morgan fingerprint density at radius 2 is 2.00 bits per heavy atom. The lowest BCUT2D eigenvalue weighted by atomic mass is 9.75. The lowest BCUT2D eigenvalue weighted by Gasteiger charge is -2.26. The molecule has 1 aliphatic carbocycles. The van der Waals surface area contributed by atoms with E-state index in [1.807, 2.05) is 0 Å². The van der Waals surface area contributed by atoms with E-state index in [4.69, 9.17) is 9.47 Å². The molecule has 0 aromatic rings. The van der Waals surface area contributed by atoms with E-state index >= 15 is 0 Å². The van der Waals surface area contributed by atoms with E-state index in [1.165, 1.54) is 25.2 Å². The second kappa shape index (κ2) is 4.57. The molecule has 0 saturated carbocycles. The number of hydrogen-bond acceptors (Lipinski definition) is 4. The average Bonchev–Trinajstić information content (AvgIpc) is 2.65. The Balaban J connectivity index is 2.64. The van der Waals surface area contributed by atoms with Crippen LogP contribution in [0.25, 0.3) is 0 Å². The highest BCUT2D eigenvalue weighted by molar-refractivity contribution is 6.12. The van der Waals surface area contributed by atoms with Gasteiger partial charge in [0.2, 0.25) is 0 Å². The van der Waals surface area contributed by atoms with Crippen molar-refractivity contribution in [3.8, 4) is 0 Å². The molecule has 1 unspecified atom stereocenters. The quantitative estimate of drug-likeness (QED) is 0.551. The summed E-state index contributed by atoms with van der Waals surface area (Å²) in [5.41, 5.74) is -0.604. The molecule has 1 fully saturated rings. The van der Waals surface area contributed by atoms with E-state index in [0.29, 0.717) is 23.6 Å². The van der Waals surface area contributed by atoms with Gasteiger partial charge in [-0.05, 0) is 25.2 Å². The van der Waals surface area contributed by atoms with Gasteiger partial charge in [0, 0.05) is 13.6 Å². The van der Waals surface area contributed by atoms with Crippen LogP contribution in [-0.2, 0) is 19.1 Å². The van der Waals surface area contributed by atoms with Gasteiger partial charge in [0.1, 0.15) is 16.9 Å². The second-order valence-corrected chi connectivity index (χ2v) is 4.72. The number of amides is 1. The Morgan fingerprint density at radius 3 is 2.58 bits per heavy atom. The number of nitrogens with zero attached hydrogens (tertiary/aromatic N) is 1. The molecule has 1 aliphatic heterocycles. The van der Waals surface area contributed by atoms with Crippen molar-refractivity contribution < 1.29 is 19.1 Å². The van der Waals surface area contributed by atoms with Gasteiger partial charge in [0.25, 0.3) is 5.91 Å². The molecular formula is C14H17NO4. The van der Waals surface area contributed by atoms with Crippen molar-refractivity contribution >= 4 is 11.7 Å². The molecule has 1 amide bonds. The van der Waals surface area contributed by atoms with Gasteiger partial charge in [-0.2, -0.15) is 0 Å². The van der Waals surface area contributed by atoms with Crippen LogP contribution in [0.15, 0.2) is 35.3 Å². The zero-order chi connectivity index (χ0) is 14.2. The summed E-state index contributed by atoms with van der Waals surface area (Å²) >= 11 is 0. The van der Waals surface area contributed by atoms with Crippen LogP contribution in [0, 0.1) is 5.41 Å². The van der Waals surface area contributed by atoms with Crippen LogP contribution in [0.5, 0.6) is 0 Å². The van der Waals surface area contributed by atoms with Crippen LogP contribution in [0.2, 0.25) is 0 Å². The molecule has 0 radical (unpaired) electrons. The summed E-state index contributed by atoms with van der Waals surface area (Å²) in [5.74, 6) is 0.723. The van der Waals surface area contributed by atoms with Crippen LogP contribution >= 0.6 is 0 Å². The minimum Gasteiger partial charge on any atom is -0.501 e. The summed E-state index contributed by atoms with van der Waals surface area (Å²) in [6.45, 7) is 2.00. The van der Waals surface area contributed by atoms with Crippen molar-refractivity contribution in [2.45, 2.75) is 6.92 Å². The maximum Gasteiger partial charge on any atom is 0.254 e. The Labute approximate surface area is 112 Å². The maximum absolute atomic E-state index is 12.3. The van der Waals surface area contributed by atoms with Crippen molar-refractivity contribution in [2.24, 2.45) is 5.41 Å². The summed E-state index contributed by atoms with van der Waals surface area (Å²) in [4.78, 5) is 26.1. The number of ketones is 1. The average molecular weight is 263 g/mol. The van der Waals surface area contributed by atoms with Crippen LogP contribution in [0.3, 0.4) is 0 Å². The van der Waals surface area contributed by atoms with Gasteiger partial charge in [0.15, 0.2) is 5.78 Å². The van der Waals surface area contributed by atoms with Gasteiger partial charge in [-0.1, -0.05) is 0 Å². The zero-order valence-corrected chi connectivity index (χ0v) is 11.5. The summed E-state index contributed by atoms with van der Waals surface area (Å²) in [7, 11) is 4.70. The lowest BCUT2D eigenvalue weighted by Crippen LogP contribution is -2.34. The first-order chi connectivity index (χ1) is 8.96. The van der Waals surface area contributed by atoms with Gasteiger partial charge >= 0.3 is 0 Å². The molecule has 1 saturated heterocycles. The number of methoxy groups -OCH3 is 2. The molecule has 2 aliphatic rings. The molecular weight excluding hydrogens is 246 g/mol. The molecule has 0 N–H and O–H groups in total. The first-order valence-corrected chi connectivity index (χ1v) is 5.96. The molecule has 0 aromatic heterocycles. The highest BCUT2D eigenvalue weighted by Crippen LogP contribution is 2.43. The molecule has 1 atom stereocenters. The van der Waals surface area contributed by atoms with Crippen molar-refractivity contribution in [2.75, 3.05) is 27.8 Å². The minimum absolute atomic E-state index is 0.127. The molecule has 1 spiro atoms. The van der Waals surface area contributed by atoms with E-state index < -0.39 is 5.41 Å². The largest absolute Gasteiger partial charge is 0.501 e. The number of allylic oxidation sites excluding steroid dienone is 3. The first-order valence-electron chi connectivity index (χ1n) is 5.96. The molecule has 5 nitrogen and oxygen atoms in total. The van der Waals surface area contributed by atoms with Crippen molar-refractivity contribution in [3.63, 3.8) is 0 Å². The number of rotatable bonds is 2. The summed E-state index contributed by atoms with van der Waals surface area (Å²) in [5, 5.41) is 0. The van der Waals surface area contributed by atoms with E-state index in [1.54, 1.807) is 26.1 Å². The highest BCUT2D eigenvalue weighted by Gasteiger charge is 2.52. The number of carbonyl (C=O) groups is 2. The third kappa shape index (κ3) is 1.85. The van der Waals surface area contributed by atoms with Crippen molar-refractivity contribution in [1.82, 2.24) is 4.90 Å². The summed E-state index contributed by atoms with van der Waals surface area (Å²) in [6.07, 6.45) is 4.76. The number of carbonyl (C=O) groups excluding carboxylic acids is 2.